The van der Waals surface area contributed by atoms with E-state index in [-0.39, 0.29) is 23.3 Å². The number of benzene rings is 2. The molecule has 7 heteroatoms. The monoisotopic (exact) mass is 407 g/mol. The van der Waals surface area contributed by atoms with Gasteiger partial charge in [-0.15, -0.1) is 0 Å². The summed E-state index contributed by atoms with van der Waals surface area (Å²) >= 11 is 0. The van der Waals surface area contributed by atoms with Crippen LogP contribution in [0.1, 0.15) is 30.3 Å². The minimum atomic E-state index is -0.286. The molecule has 1 aliphatic rings. The molecular formula is C23H25N3O4. The van der Waals surface area contributed by atoms with E-state index in [0.29, 0.717) is 42.0 Å². The predicted octanol–water partition coefficient (Wildman–Crippen LogP) is 3.11. The standard InChI is InChI=1S/C23H25N3O4/c1-3-4-13-26-22(27)18-10-6-5-9-17(18)21(24-26)23(28)25(2)14-16-15-29-19-11-7-8-12-20(19)30-16/h5-12,16H,3-4,13-15H2,1-2H3/t16-/m1/s1. The Morgan fingerprint density at radius 1 is 1.13 bits per heavy atom. The van der Waals surface area contributed by atoms with Crippen molar-refractivity contribution in [2.45, 2.75) is 32.4 Å². The van der Waals surface area contributed by atoms with Crippen molar-refractivity contribution in [3.8, 4) is 11.5 Å². The summed E-state index contributed by atoms with van der Waals surface area (Å²) in [5, 5.41) is 5.50. The molecule has 1 aromatic heterocycles. The fraction of sp³-hybridized carbons (Fsp3) is 0.348. The van der Waals surface area contributed by atoms with E-state index in [2.05, 4.69) is 12.0 Å². The highest BCUT2D eigenvalue weighted by Gasteiger charge is 2.26. The van der Waals surface area contributed by atoms with E-state index >= 15 is 0 Å². The molecule has 1 amide bonds. The summed E-state index contributed by atoms with van der Waals surface area (Å²) in [7, 11) is 1.71. The number of fused-ring (bicyclic) bond motifs is 2. The number of aromatic nitrogens is 2. The Bertz CT molecular complexity index is 1120. The van der Waals surface area contributed by atoms with Crippen LogP contribution in [0.4, 0.5) is 0 Å². The second-order valence-corrected chi connectivity index (χ2v) is 7.46. The number of hydrogen-bond acceptors (Lipinski definition) is 5. The third-order valence-electron chi connectivity index (χ3n) is 5.19. The summed E-state index contributed by atoms with van der Waals surface area (Å²) in [6.07, 6.45) is 1.47. The molecule has 0 saturated carbocycles. The van der Waals surface area contributed by atoms with Gasteiger partial charge in [0.25, 0.3) is 11.5 Å². The number of ether oxygens (including phenoxy) is 2. The van der Waals surface area contributed by atoms with Gasteiger partial charge in [-0.3, -0.25) is 9.59 Å². The van der Waals surface area contributed by atoms with E-state index in [1.807, 2.05) is 30.3 Å². The number of para-hydroxylation sites is 2. The number of nitrogens with zero attached hydrogens (tertiary/aromatic N) is 3. The van der Waals surface area contributed by atoms with Crippen molar-refractivity contribution >= 4 is 16.7 Å². The Balaban J connectivity index is 1.59. The van der Waals surface area contributed by atoms with Crippen molar-refractivity contribution in [3.05, 3.63) is 64.6 Å². The largest absolute Gasteiger partial charge is 0.486 e. The Kier molecular flexibility index (Phi) is 5.70. The first-order valence-corrected chi connectivity index (χ1v) is 10.2. The fourth-order valence-electron chi connectivity index (χ4n) is 3.57. The third-order valence-corrected chi connectivity index (χ3v) is 5.19. The topological polar surface area (TPSA) is 73.7 Å². The number of unbranched alkanes of at least 4 members (excludes halogenated alkanes) is 1. The second-order valence-electron chi connectivity index (χ2n) is 7.46. The van der Waals surface area contributed by atoms with Gasteiger partial charge in [0.05, 0.1) is 11.9 Å². The minimum absolute atomic E-state index is 0.168. The van der Waals surface area contributed by atoms with Crippen LogP contribution >= 0.6 is 0 Å². The smallest absolute Gasteiger partial charge is 0.274 e. The molecule has 0 spiro atoms. The molecule has 30 heavy (non-hydrogen) atoms. The average molecular weight is 407 g/mol. The fourth-order valence-corrected chi connectivity index (χ4v) is 3.57. The molecule has 1 atom stereocenters. The highest BCUT2D eigenvalue weighted by Crippen LogP contribution is 2.31. The maximum Gasteiger partial charge on any atom is 0.274 e. The molecule has 0 aliphatic carbocycles. The van der Waals surface area contributed by atoms with Gasteiger partial charge in [0.1, 0.15) is 6.61 Å². The number of hydrogen-bond donors (Lipinski definition) is 0. The summed E-state index contributed by atoms with van der Waals surface area (Å²) in [4.78, 5) is 27.6. The van der Waals surface area contributed by atoms with Crippen LogP contribution in [0, 0.1) is 0 Å². The lowest BCUT2D eigenvalue weighted by Crippen LogP contribution is -2.42. The molecule has 0 fully saturated rings. The predicted molar refractivity (Wildman–Crippen MR) is 114 cm³/mol. The van der Waals surface area contributed by atoms with Gasteiger partial charge in [-0.05, 0) is 24.6 Å². The van der Waals surface area contributed by atoms with E-state index in [1.54, 1.807) is 30.1 Å². The minimum Gasteiger partial charge on any atom is -0.486 e. The SMILES string of the molecule is CCCCn1nc(C(=O)N(C)C[C@@H]2COc3ccccc3O2)c2ccccc2c1=O. The van der Waals surface area contributed by atoms with Crippen molar-refractivity contribution in [1.82, 2.24) is 14.7 Å². The first-order chi connectivity index (χ1) is 14.6. The highest BCUT2D eigenvalue weighted by atomic mass is 16.6. The quantitative estimate of drug-likeness (QED) is 0.628. The molecule has 0 radical (unpaired) electrons. The van der Waals surface area contributed by atoms with Crippen molar-refractivity contribution in [2.75, 3.05) is 20.2 Å². The van der Waals surface area contributed by atoms with Gasteiger partial charge in [-0.1, -0.05) is 43.7 Å². The molecule has 3 aromatic rings. The summed E-state index contributed by atoms with van der Waals surface area (Å²) in [5.41, 5.74) is 0.111. The lowest BCUT2D eigenvalue weighted by Gasteiger charge is -2.29. The first-order valence-electron chi connectivity index (χ1n) is 10.2. The Morgan fingerprint density at radius 2 is 1.83 bits per heavy atom. The highest BCUT2D eigenvalue weighted by molar-refractivity contribution is 6.04. The summed E-state index contributed by atoms with van der Waals surface area (Å²) < 4.78 is 13.1. The van der Waals surface area contributed by atoms with Gasteiger partial charge in [0, 0.05) is 19.0 Å². The maximum atomic E-state index is 13.3. The molecule has 0 unspecified atom stereocenters. The van der Waals surface area contributed by atoms with Crippen LogP contribution in [0.15, 0.2) is 53.3 Å². The molecule has 4 rings (SSSR count). The average Bonchev–Trinajstić information content (AvgIpc) is 2.78. The Labute approximate surface area is 174 Å². The van der Waals surface area contributed by atoms with Gasteiger partial charge in [-0.2, -0.15) is 5.10 Å². The summed E-state index contributed by atoms with van der Waals surface area (Å²) in [6.45, 7) is 3.24. The van der Waals surface area contributed by atoms with Gasteiger partial charge in [-0.25, -0.2) is 4.68 Å². The van der Waals surface area contributed by atoms with Crippen LogP contribution in [-0.2, 0) is 6.54 Å². The van der Waals surface area contributed by atoms with E-state index in [4.69, 9.17) is 9.47 Å². The van der Waals surface area contributed by atoms with Crippen LogP contribution in [0.3, 0.4) is 0 Å². The molecule has 156 valence electrons. The van der Waals surface area contributed by atoms with Crippen molar-refractivity contribution in [1.29, 1.82) is 0 Å². The lowest BCUT2D eigenvalue weighted by molar-refractivity contribution is 0.0517. The van der Waals surface area contributed by atoms with Crippen LogP contribution in [0.25, 0.3) is 10.8 Å². The molecular weight excluding hydrogens is 382 g/mol. The molecule has 0 bridgehead atoms. The number of rotatable bonds is 6. The molecule has 0 N–H and O–H groups in total. The van der Waals surface area contributed by atoms with E-state index in [1.165, 1.54) is 4.68 Å². The molecule has 1 aliphatic heterocycles. The number of carbonyl (C=O) groups is 1. The Morgan fingerprint density at radius 3 is 2.60 bits per heavy atom. The molecule has 0 saturated heterocycles. The summed E-state index contributed by atoms with van der Waals surface area (Å²) in [5.74, 6) is 1.13. The number of likely N-dealkylation sites (N-methyl/N-ethyl adjacent to an activating group) is 1. The van der Waals surface area contributed by atoms with E-state index in [0.717, 1.165) is 12.8 Å². The maximum absolute atomic E-state index is 13.3. The van der Waals surface area contributed by atoms with Gasteiger partial charge in [0.15, 0.2) is 23.3 Å². The van der Waals surface area contributed by atoms with Crippen LogP contribution < -0.4 is 15.0 Å². The van der Waals surface area contributed by atoms with Crippen molar-refractivity contribution in [3.63, 3.8) is 0 Å². The van der Waals surface area contributed by atoms with Gasteiger partial charge >= 0.3 is 0 Å². The second kappa shape index (κ2) is 8.57. The zero-order chi connectivity index (χ0) is 21.1. The zero-order valence-corrected chi connectivity index (χ0v) is 17.2. The van der Waals surface area contributed by atoms with Crippen LogP contribution in [-0.4, -0.2) is 46.9 Å². The van der Waals surface area contributed by atoms with Gasteiger partial charge in [0.2, 0.25) is 0 Å². The van der Waals surface area contributed by atoms with Gasteiger partial charge < -0.3 is 14.4 Å². The number of amides is 1. The number of aryl methyl sites for hydroxylation is 1. The lowest BCUT2D eigenvalue weighted by atomic mass is 10.1. The van der Waals surface area contributed by atoms with Crippen LogP contribution in [0.5, 0.6) is 11.5 Å². The normalized spacial score (nSPS) is 15.2. The van der Waals surface area contributed by atoms with Crippen molar-refractivity contribution in [2.24, 2.45) is 0 Å². The molecule has 2 heterocycles. The third kappa shape index (κ3) is 3.87. The van der Waals surface area contributed by atoms with Crippen LogP contribution in [0.2, 0.25) is 0 Å². The van der Waals surface area contributed by atoms with Crippen molar-refractivity contribution < 1.29 is 14.3 Å². The molecule has 7 nitrogen and oxygen atoms in total. The summed E-state index contributed by atoms with van der Waals surface area (Å²) in [6, 6.07) is 14.6. The Hall–Kier alpha value is -3.35. The molecule has 2 aromatic carbocycles. The van der Waals surface area contributed by atoms with E-state index in [9.17, 15) is 9.59 Å². The zero-order valence-electron chi connectivity index (χ0n) is 17.2. The van der Waals surface area contributed by atoms with E-state index < -0.39 is 0 Å². The first kappa shape index (κ1) is 19.9. The number of carbonyl (C=O) groups excluding carboxylic acids is 1.